The minimum atomic E-state index is -0.180. The third-order valence-corrected chi connectivity index (χ3v) is 2.57. The Hall–Kier alpha value is -1.55. The van der Waals surface area contributed by atoms with E-state index in [1.807, 2.05) is 44.2 Å². The van der Waals surface area contributed by atoms with Crippen molar-refractivity contribution in [2.24, 2.45) is 5.92 Å². The van der Waals surface area contributed by atoms with Crippen molar-refractivity contribution in [3.63, 3.8) is 0 Å². The fourth-order valence-electron chi connectivity index (χ4n) is 1.42. The van der Waals surface area contributed by atoms with E-state index in [0.717, 1.165) is 5.69 Å². The van der Waals surface area contributed by atoms with Crippen LogP contribution in [0.5, 0.6) is 0 Å². The first-order valence-corrected chi connectivity index (χ1v) is 5.82. The van der Waals surface area contributed by atoms with E-state index in [9.17, 15) is 4.79 Å². The molecule has 0 saturated heterocycles. The van der Waals surface area contributed by atoms with Gasteiger partial charge in [-0.1, -0.05) is 32.0 Å². The second kappa shape index (κ2) is 6.91. The molecule has 1 rings (SSSR count). The Kier molecular flexibility index (Phi) is 5.49. The highest BCUT2D eigenvalue weighted by Gasteiger charge is 2.14. The van der Waals surface area contributed by atoms with Gasteiger partial charge in [0, 0.05) is 5.69 Å². The molecular formula is C13H20N2O2. The van der Waals surface area contributed by atoms with Crippen LogP contribution in [0.4, 0.5) is 5.69 Å². The van der Waals surface area contributed by atoms with Crippen molar-refractivity contribution in [2.45, 2.75) is 19.9 Å². The molecule has 17 heavy (non-hydrogen) atoms. The van der Waals surface area contributed by atoms with Gasteiger partial charge in [-0.3, -0.25) is 4.79 Å². The summed E-state index contributed by atoms with van der Waals surface area (Å²) in [6.45, 7) is 4.11. The van der Waals surface area contributed by atoms with Gasteiger partial charge in [0.2, 0.25) is 5.91 Å². The smallest absolute Gasteiger partial charge is 0.239 e. The van der Waals surface area contributed by atoms with E-state index in [2.05, 4.69) is 10.6 Å². The summed E-state index contributed by atoms with van der Waals surface area (Å²) < 4.78 is 0. The van der Waals surface area contributed by atoms with Crippen molar-refractivity contribution < 1.29 is 9.90 Å². The van der Waals surface area contributed by atoms with Crippen molar-refractivity contribution in [1.82, 2.24) is 5.32 Å². The monoisotopic (exact) mass is 236 g/mol. The van der Waals surface area contributed by atoms with Crippen molar-refractivity contribution in [1.29, 1.82) is 0 Å². The first kappa shape index (κ1) is 13.5. The number of rotatable bonds is 6. The summed E-state index contributed by atoms with van der Waals surface area (Å²) in [5, 5.41) is 14.9. The van der Waals surface area contributed by atoms with Gasteiger partial charge in [0.15, 0.2) is 0 Å². The maximum atomic E-state index is 11.6. The van der Waals surface area contributed by atoms with Gasteiger partial charge in [0.1, 0.15) is 0 Å². The third kappa shape index (κ3) is 4.87. The Morgan fingerprint density at radius 1 is 1.29 bits per heavy atom. The lowest BCUT2D eigenvalue weighted by molar-refractivity contribution is -0.120. The molecule has 0 aliphatic carbocycles. The summed E-state index contributed by atoms with van der Waals surface area (Å²) in [4.78, 5) is 11.6. The Morgan fingerprint density at radius 2 is 1.94 bits per heavy atom. The van der Waals surface area contributed by atoms with Crippen molar-refractivity contribution >= 4 is 11.6 Å². The maximum Gasteiger partial charge on any atom is 0.239 e. The largest absolute Gasteiger partial charge is 0.394 e. The topological polar surface area (TPSA) is 61.4 Å². The van der Waals surface area contributed by atoms with Crippen LogP contribution in [0, 0.1) is 5.92 Å². The summed E-state index contributed by atoms with van der Waals surface area (Å²) in [7, 11) is 0. The normalized spacial score (nSPS) is 12.2. The number of anilines is 1. The zero-order chi connectivity index (χ0) is 12.7. The van der Waals surface area contributed by atoms with E-state index in [4.69, 9.17) is 5.11 Å². The molecule has 1 unspecified atom stereocenters. The second-order valence-electron chi connectivity index (χ2n) is 4.32. The minimum absolute atomic E-state index is 0.0330. The molecule has 4 nitrogen and oxygen atoms in total. The van der Waals surface area contributed by atoms with Gasteiger partial charge < -0.3 is 15.7 Å². The van der Waals surface area contributed by atoms with Crippen LogP contribution in [0.2, 0.25) is 0 Å². The molecule has 0 aliphatic heterocycles. The number of amides is 1. The Balaban J connectivity index is 2.35. The number of aliphatic hydroxyl groups excluding tert-OH is 1. The molecule has 0 radical (unpaired) electrons. The van der Waals surface area contributed by atoms with Gasteiger partial charge in [0.25, 0.3) is 0 Å². The van der Waals surface area contributed by atoms with E-state index in [0.29, 0.717) is 0 Å². The zero-order valence-corrected chi connectivity index (χ0v) is 10.3. The van der Waals surface area contributed by atoms with Gasteiger partial charge in [0.05, 0.1) is 19.2 Å². The summed E-state index contributed by atoms with van der Waals surface area (Å²) in [6, 6.07) is 9.36. The average Bonchev–Trinajstić information content (AvgIpc) is 2.34. The quantitative estimate of drug-likeness (QED) is 0.696. The lowest BCUT2D eigenvalue weighted by atomic mass is 10.1. The maximum absolute atomic E-state index is 11.6. The van der Waals surface area contributed by atoms with E-state index in [1.165, 1.54) is 0 Å². The summed E-state index contributed by atoms with van der Waals surface area (Å²) >= 11 is 0. The number of para-hydroxylation sites is 1. The standard InChI is InChI=1S/C13H20N2O2/c1-10(2)12(9-16)15-13(17)8-14-11-6-4-3-5-7-11/h3-7,10,12,14,16H,8-9H2,1-2H3,(H,15,17). The highest BCUT2D eigenvalue weighted by atomic mass is 16.3. The molecule has 4 heteroatoms. The highest BCUT2D eigenvalue weighted by Crippen LogP contribution is 2.04. The van der Waals surface area contributed by atoms with Crippen LogP contribution in [0.15, 0.2) is 30.3 Å². The Labute approximate surface area is 102 Å². The molecule has 0 aromatic heterocycles. The van der Waals surface area contributed by atoms with Gasteiger partial charge in [-0.05, 0) is 18.1 Å². The summed E-state index contributed by atoms with van der Waals surface area (Å²) in [5.41, 5.74) is 0.910. The molecule has 0 saturated carbocycles. The molecule has 1 amide bonds. The molecule has 1 atom stereocenters. The van der Waals surface area contributed by atoms with Crippen molar-refractivity contribution in [3.05, 3.63) is 30.3 Å². The number of hydrogen-bond acceptors (Lipinski definition) is 3. The molecule has 1 aromatic rings. The van der Waals surface area contributed by atoms with Crippen LogP contribution in [0.1, 0.15) is 13.8 Å². The van der Waals surface area contributed by atoms with Crippen LogP contribution >= 0.6 is 0 Å². The number of benzene rings is 1. The fourth-order valence-corrected chi connectivity index (χ4v) is 1.42. The zero-order valence-electron chi connectivity index (χ0n) is 10.3. The number of carbonyl (C=O) groups excluding carboxylic acids is 1. The van der Waals surface area contributed by atoms with E-state index >= 15 is 0 Å². The van der Waals surface area contributed by atoms with Crippen molar-refractivity contribution in [3.8, 4) is 0 Å². The predicted octanol–water partition coefficient (Wildman–Crippen LogP) is 1.23. The first-order valence-electron chi connectivity index (χ1n) is 5.82. The summed E-state index contributed by atoms with van der Waals surface area (Å²) in [6.07, 6.45) is 0. The molecule has 0 fully saturated rings. The molecule has 1 aromatic carbocycles. The number of hydrogen-bond donors (Lipinski definition) is 3. The van der Waals surface area contributed by atoms with Gasteiger partial charge in [-0.2, -0.15) is 0 Å². The first-order chi connectivity index (χ1) is 8.13. The van der Waals surface area contributed by atoms with Crippen LogP contribution in [-0.4, -0.2) is 30.2 Å². The Bertz CT molecular complexity index is 339. The fraction of sp³-hybridized carbons (Fsp3) is 0.462. The molecule has 94 valence electrons. The predicted molar refractivity (Wildman–Crippen MR) is 68.8 cm³/mol. The van der Waals surface area contributed by atoms with Crippen molar-refractivity contribution in [2.75, 3.05) is 18.5 Å². The molecular weight excluding hydrogens is 216 g/mol. The van der Waals surface area contributed by atoms with E-state index in [-0.39, 0.29) is 31.0 Å². The van der Waals surface area contributed by atoms with Crippen LogP contribution in [-0.2, 0) is 4.79 Å². The van der Waals surface area contributed by atoms with Crippen LogP contribution in [0.3, 0.4) is 0 Å². The SMILES string of the molecule is CC(C)C(CO)NC(=O)CNc1ccccc1. The number of nitrogens with one attached hydrogen (secondary N) is 2. The van der Waals surface area contributed by atoms with Gasteiger partial charge in [-0.25, -0.2) is 0 Å². The van der Waals surface area contributed by atoms with Gasteiger partial charge >= 0.3 is 0 Å². The van der Waals surface area contributed by atoms with E-state index in [1.54, 1.807) is 0 Å². The highest BCUT2D eigenvalue weighted by molar-refractivity contribution is 5.80. The Morgan fingerprint density at radius 3 is 2.47 bits per heavy atom. The minimum Gasteiger partial charge on any atom is -0.394 e. The third-order valence-electron chi connectivity index (χ3n) is 2.57. The molecule has 3 N–H and O–H groups in total. The molecule has 0 spiro atoms. The lowest BCUT2D eigenvalue weighted by Crippen LogP contribution is -2.43. The van der Waals surface area contributed by atoms with Crippen LogP contribution < -0.4 is 10.6 Å². The molecule has 0 heterocycles. The summed E-state index contributed by atoms with van der Waals surface area (Å²) in [5.74, 6) is 0.113. The lowest BCUT2D eigenvalue weighted by Gasteiger charge is -2.20. The number of aliphatic hydroxyl groups is 1. The average molecular weight is 236 g/mol. The van der Waals surface area contributed by atoms with E-state index < -0.39 is 0 Å². The van der Waals surface area contributed by atoms with Crippen LogP contribution in [0.25, 0.3) is 0 Å². The molecule has 0 aliphatic rings. The number of carbonyl (C=O) groups is 1. The molecule has 0 bridgehead atoms. The second-order valence-corrected chi connectivity index (χ2v) is 4.32. The van der Waals surface area contributed by atoms with Gasteiger partial charge in [-0.15, -0.1) is 0 Å².